The van der Waals surface area contributed by atoms with Gasteiger partial charge >= 0.3 is 12.0 Å². The predicted molar refractivity (Wildman–Crippen MR) is 57.8 cm³/mol. The highest BCUT2D eigenvalue weighted by Crippen LogP contribution is 2.24. The lowest BCUT2D eigenvalue weighted by Crippen LogP contribution is -2.27. The second-order valence-electron chi connectivity index (χ2n) is 3.36. The number of hydrogen-bond acceptors (Lipinski definition) is 3. The molecule has 0 saturated carbocycles. The van der Waals surface area contributed by atoms with Crippen molar-refractivity contribution in [2.45, 2.75) is 0 Å². The van der Waals surface area contributed by atoms with Gasteiger partial charge in [-0.05, 0) is 18.2 Å². The van der Waals surface area contributed by atoms with Crippen LogP contribution in [-0.2, 0) is 0 Å². The third kappa shape index (κ3) is 2.63. The molecule has 3 N–H and O–H groups in total. The normalized spacial score (nSPS) is 9.62. The Kier molecular flexibility index (Phi) is 3.34. The molecular formula is C10H12N2O4. The number of phenolic OH excluding ortho intramolecular Hbond substituents is 1. The molecule has 6 heteroatoms. The van der Waals surface area contributed by atoms with E-state index in [-0.39, 0.29) is 17.0 Å². The number of phenols is 1. The third-order valence-corrected chi connectivity index (χ3v) is 1.89. The van der Waals surface area contributed by atoms with Crippen molar-refractivity contribution >= 4 is 17.7 Å². The molecule has 0 unspecified atom stereocenters. The number of rotatable bonds is 2. The highest BCUT2D eigenvalue weighted by Gasteiger charge is 2.11. The Hall–Kier alpha value is -2.24. The van der Waals surface area contributed by atoms with Crippen molar-refractivity contribution in [1.82, 2.24) is 4.90 Å². The quantitative estimate of drug-likeness (QED) is 0.658. The first-order chi connectivity index (χ1) is 7.41. The van der Waals surface area contributed by atoms with Gasteiger partial charge < -0.3 is 20.4 Å². The number of hydrogen-bond donors (Lipinski definition) is 3. The Morgan fingerprint density at radius 3 is 2.44 bits per heavy atom. The molecule has 0 radical (unpaired) electrons. The zero-order valence-corrected chi connectivity index (χ0v) is 8.89. The fourth-order valence-corrected chi connectivity index (χ4v) is 0.996. The van der Waals surface area contributed by atoms with E-state index in [1.807, 2.05) is 0 Å². The van der Waals surface area contributed by atoms with Crippen LogP contribution in [0.2, 0.25) is 0 Å². The highest BCUT2D eigenvalue weighted by molar-refractivity contribution is 5.94. The molecule has 6 nitrogen and oxygen atoms in total. The molecule has 16 heavy (non-hydrogen) atoms. The van der Waals surface area contributed by atoms with Crippen LogP contribution in [0.25, 0.3) is 0 Å². The lowest BCUT2D eigenvalue weighted by Gasteiger charge is -2.13. The van der Waals surface area contributed by atoms with Gasteiger partial charge in [-0.2, -0.15) is 0 Å². The second-order valence-corrected chi connectivity index (χ2v) is 3.36. The summed E-state index contributed by atoms with van der Waals surface area (Å²) in [6.07, 6.45) is 0. The van der Waals surface area contributed by atoms with Gasteiger partial charge in [0.1, 0.15) is 5.75 Å². The van der Waals surface area contributed by atoms with Gasteiger partial charge in [-0.1, -0.05) is 0 Å². The molecule has 0 fully saturated rings. The molecule has 0 spiro atoms. The summed E-state index contributed by atoms with van der Waals surface area (Å²) < 4.78 is 0. The van der Waals surface area contributed by atoms with Crippen LogP contribution in [-0.4, -0.2) is 41.2 Å². The molecule has 1 rings (SSSR count). The minimum atomic E-state index is -1.12. The smallest absolute Gasteiger partial charge is 0.335 e. The monoisotopic (exact) mass is 224 g/mol. The lowest BCUT2D eigenvalue weighted by atomic mass is 10.2. The topological polar surface area (TPSA) is 89.9 Å². The molecular weight excluding hydrogens is 212 g/mol. The standard InChI is InChI=1S/C10H12N2O4/c1-12(2)10(16)11-7-5-6(9(14)15)3-4-8(7)13/h3-5,13H,1-2H3,(H,11,16)(H,14,15). The molecule has 1 aromatic rings. The van der Waals surface area contributed by atoms with Crippen molar-refractivity contribution in [1.29, 1.82) is 0 Å². The Bertz CT molecular complexity index is 429. The van der Waals surface area contributed by atoms with Crippen LogP contribution < -0.4 is 5.32 Å². The number of aromatic carboxylic acids is 1. The van der Waals surface area contributed by atoms with E-state index in [0.29, 0.717) is 0 Å². The first-order valence-corrected chi connectivity index (χ1v) is 4.46. The maximum atomic E-state index is 11.3. The van der Waals surface area contributed by atoms with Crippen molar-refractivity contribution in [2.24, 2.45) is 0 Å². The van der Waals surface area contributed by atoms with Gasteiger partial charge in [0, 0.05) is 14.1 Å². The van der Waals surface area contributed by atoms with Crippen LogP contribution >= 0.6 is 0 Å². The maximum Gasteiger partial charge on any atom is 0.335 e. The first kappa shape index (κ1) is 11.8. The largest absolute Gasteiger partial charge is 0.506 e. The first-order valence-electron chi connectivity index (χ1n) is 4.46. The number of urea groups is 1. The average molecular weight is 224 g/mol. The Morgan fingerprint density at radius 1 is 1.31 bits per heavy atom. The number of carboxylic acids is 1. The molecule has 0 bridgehead atoms. The van der Waals surface area contributed by atoms with Gasteiger partial charge in [-0.3, -0.25) is 0 Å². The molecule has 1 aromatic carbocycles. The molecule has 0 aliphatic heterocycles. The fraction of sp³-hybridized carbons (Fsp3) is 0.200. The van der Waals surface area contributed by atoms with Crippen LogP contribution in [0.1, 0.15) is 10.4 Å². The molecule has 86 valence electrons. The van der Waals surface area contributed by atoms with Crippen molar-refractivity contribution in [3.63, 3.8) is 0 Å². The number of carbonyl (C=O) groups is 2. The van der Waals surface area contributed by atoms with Crippen LogP contribution in [0.3, 0.4) is 0 Å². The van der Waals surface area contributed by atoms with Crippen molar-refractivity contribution in [2.75, 3.05) is 19.4 Å². The minimum Gasteiger partial charge on any atom is -0.506 e. The summed E-state index contributed by atoms with van der Waals surface area (Å²) in [7, 11) is 3.07. The van der Waals surface area contributed by atoms with E-state index in [4.69, 9.17) is 5.11 Å². The van der Waals surface area contributed by atoms with Crippen molar-refractivity contribution < 1.29 is 19.8 Å². The number of carboxylic acid groups (broad SMARTS) is 1. The average Bonchev–Trinajstić information content (AvgIpc) is 2.20. The molecule has 0 saturated heterocycles. The van der Waals surface area contributed by atoms with Gasteiger partial charge in [0.2, 0.25) is 0 Å². The maximum absolute atomic E-state index is 11.3. The number of anilines is 1. The second kappa shape index (κ2) is 4.52. The number of nitrogens with zero attached hydrogens (tertiary/aromatic N) is 1. The number of amides is 2. The Balaban J connectivity index is 2.99. The number of benzene rings is 1. The summed E-state index contributed by atoms with van der Waals surface area (Å²) in [6.45, 7) is 0. The van der Waals surface area contributed by atoms with Gasteiger partial charge in [-0.15, -0.1) is 0 Å². The molecule has 0 aliphatic carbocycles. The Morgan fingerprint density at radius 2 is 1.94 bits per heavy atom. The van der Waals surface area contributed by atoms with Gasteiger partial charge in [0.25, 0.3) is 0 Å². The van der Waals surface area contributed by atoms with E-state index in [2.05, 4.69) is 5.32 Å². The fourth-order valence-electron chi connectivity index (χ4n) is 0.996. The third-order valence-electron chi connectivity index (χ3n) is 1.89. The van der Waals surface area contributed by atoms with Gasteiger partial charge in [0.05, 0.1) is 11.3 Å². The van der Waals surface area contributed by atoms with E-state index in [0.717, 1.165) is 0 Å². The number of carbonyl (C=O) groups excluding carboxylic acids is 1. The summed E-state index contributed by atoms with van der Waals surface area (Å²) in [4.78, 5) is 23.3. The summed E-state index contributed by atoms with van der Waals surface area (Å²) in [6, 6.07) is 3.22. The van der Waals surface area contributed by atoms with Crippen molar-refractivity contribution in [3.05, 3.63) is 23.8 Å². The molecule has 0 heterocycles. The van der Waals surface area contributed by atoms with Crippen LogP contribution in [0, 0.1) is 0 Å². The van der Waals surface area contributed by atoms with Crippen molar-refractivity contribution in [3.8, 4) is 5.75 Å². The van der Waals surface area contributed by atoms with Gasteiger partial charge in [0.15, 0.2) is 0 Å². The summed E-state index contributed by atoms with van der Waals surface area (Å²) in [5.74, 6) is -1.31. The van der Waals surface area contributed by atoms with E-state index < -0.39 is 12.0 Å². The Labute approximate surface area is 92.1 Å². The van der Waals surface area contributed by atoms with Crippen LogP contribution in [0.15, 0.2) is 18.2 Å². The SMILES string of the molecule is CN(C)C(=O)Nc1cc(C(=O)O)ccc1O. The summed E-state index contributed by atoms with van der Waals surface area (Å²) in [5.41, 5.74) is 0.0606. The molecule has 2 amide bonds. The molecule has 0 atom stereocenters. The zero-order valence-electron chi connectivity index (χ0n) is 8.89. The zero-order chi connectivity index (χ0) is 12.3. The lowest BCUT2D eigenvalue weighted by molar-refractivity contribution is 0.0697. The molecule has 0 aromatic heterocycles. The van der Waals surface area contributed by atoms with E-state index in [1.165, 1.54) is 37.2 Å². The summed E-state index contributed by atoms with van der Waals surface area (Å²) >= 11 is 0. The van der Waals surface area contributed by atoms with Gasteiger partial charge in [-0.25, -0.2) is 9.59 Å². The van der Waals surface area contributed by atoms with E-state index in [1.54, 1.807) is 0 Å². The predicted octanol–water partition coefficient (Wildman–Crippen LogP) is 1.18. The van der Waals surface area contributed by atoms with Crippen LogP contribution in [0.5, 0.6) is 5.75 Å². The number of aromatic hydroxyl groups is 1. The molecule has 0 aliphatic rings. The number of nitrogens with one attached hydrogen (secondary N) is 1. The highest BCUT2D eigenvalue weighted by atomic mass is 16.4. The van der Waals surface area contributed by atoms with Crippen LogP contribution in [0.4, 0.5) is 10.5 Å². The van der Waals surface area contributed by atoms with E-state index in [9.17, 15) is 14.7 Å². The minimum absolute atomic E-state index is 0.00754. The van der Waals surface area contributed by atoms with E-state index >= 15 is 0 Å². The summed E-state index contributed by atoms with van der Waals surface area (Å²) in [5, 5.41) is 20.5.